The average Bonchev–Trinajstić information content (AvgIpc) is 3.00. The summed E-state index contributed by atoms with van der Waals surface area (Å²) in [5, 5.41) is 3.21. The number of nitrogens with zero attached hydrogens (tertiary/aromatic N) is 3. The van der Waals surface area contributed by atoms with E-state index in [4.69, 9.17) is 4.74 Å². The first-order valence-electron chi connectivity index (χ1n) is 8.85. The number of hydrogen-bond acceptors (Lipinski definition) is 5. The lowest BCUT2D eigenvalue weighted by atomic mass is 9.88. The van der Waals surface area contributed by atoms with Crippen molar-refractivity contribution < 1.29 is 9.13 Å². The van der Waals surface area contributed by atoms with Crippen molar-refractivity contribution in [2.45, 2.75) is 37.5 Å². The number of rotatable bonds is 4. The predicted molar refractivity (Wildman–Crippen MR) is 93.7 cm³/mol. The van der Waals surface area contributed by atoms with Gasteiger partial charge in [0.1, 0.15) is 0 Å². The highest BCUT2D eigenvalue weighted by Gasteiger charge is 2.43. The Bertz CT molecular complexity index is 714. The van der Waals surface area contributed by atoms with Gasteiger partial charge in [0.25, 0.3) is 0 Å². The number of nitrogens with one attached hydrogen (secondary N) is 1. The molecule has 0 amide bonds. The maximum atomic E-state index is 13.8. The number of halogens is 1. The smallest absolute Gasteiger partial charge is 0.165 e. The molecular formula is C19H23FN4O. The van der Waals surface area contributed by atoms with Gasteiger partial charge in [-0.25, -0.2) is 9.37 Å². The molecule has 0 bridgehead atoms. The van der Waals surface area contributed by atoms with E-state index in [0.29, 0.717) is 12.4 Å². The first-order chi connectivity index (χ1) is 12.2. The maximum Gasteiger partial charge on any atom is 0.165 e. The molecule has 6 heteroatoms. The minimum atomic E-state index is -0.315. The molecule has 5 nitrogen and oxygen atoms in total. The van der Waals surface area contributed by atoms with Gasteiger partial charge in [-0.15, -0.1) is 0 Å². The predicted octanol–water partition coefficient (Wildman–Crippen LogP) is 2.85. The molecule has 0 radical (unpaired) electrons. The van der Waals surface area contributed by atoms with E-state index in [9.17, 15) is 4.39 Å². The minimum Gasteiger partial charge on any atom is -0.371 e. The van der Waals surface area contributed by atoms with Gasteiger partial charge < -0.3 is 10.1 Å². The van der Waals surface area contributed by atoms with Crippen molar-refractivity contribution in [1.29, 1.82) is 0 Å². The monoisotopic (exact) mass is 342 g/mol. The van der Waals surface area contributed by atoms with Crippen LogP contribution < -0.4 is 5.32 Å². The number of hydrogen-bond donors (Lipinski definition) is 1. The van der Waals surface area contributed by atoms with E-state index in [0.717, 1.165) is 38.9 Å². The van der Waals surface area contributed by atoms with Crippen LogP contribution in [0.5, 0.6) is 0 Å². The summed E-state index contributed by atoms with van der Waals surface area (Å²) in [5.41, 5.74) is 1.09. The van der Waals surface area contributed by atoms with Crippen molar-refractivity contribution in [3.63, 3.8) is 0 Å². The standard InChI is InChI=1S/C19H23FN4O/c20-17-5-2-8-22-18(17)23-16-10-19(25-13-16)6-3-9-24(14-19)12-15-4-1-7-21-11-15/h1-2,4-5,7-8,11,16H,3,6,9-10,12-14H2,(H,22,23)/t16-,19-/m0/s1. The molecule has 1 N–H and O–H groups in total. The fourth-order valence-corrected chi connectivity index (χ4v) is 3.98. The maximum absolute atomic E-state index is 13.8. The molecule has 2 aliphatic rings. The molecule has 2 aromatic rings. The zero-order valence-electron chi connectivity index (χ0n) is 14.2. The molecule has 0 aliphatic carbocycles. The molecule has 4 rings (SSSR count). The fraction of sp³-hybridized carbons (Fsp3) is 0.474. The van der Waals surface area contributed by atoms with E-state index in [2.05, 4.69) is 26.3 Å². The third kappa shape index (κ3) is 3.80. The molecule has 0 unspecified atom stereocenters. The molecule has 2 aromatic heterocycles. The molecule has 25 heavy (non-hydrogen) atoms. The molecule has 1 spiro atoms. The summed E-state index contributed by atoms with van der Waals surface area (Å²) in [4.78, 5) is 10.7. The summed E-state index contributed by atoms with van der Waals surface area (Å²) < 4.78 is 20.0. The number of likely N-dealkylation sites (tertiary alicyclic amines) is 1. The van der Waals surface area contributed by atoms with Crippen molar-refractivity contribution in [3.8, 4) is 0 Å². The van der Waals surface area contributed by atoms with Crippen LogP contribution in [0.2, 0.25) is 0 Å². The highest BCUT2D eigenvalue weighted by molar-refractivity contribution is 5.37. The van der Waals surface area contributed by atoms with Crippen molar-refractivity contribution in [2.75, 3.05) is 25.0 Å². The van der Waals surface area contributed by atoms with Crippen molar-refractivity contribution in [1.82, 2.24) is 14.9 Å². The Morgan fingerprint density at radius 3 is 3.08 bits per heavy atom. The van der Waals surface area contributed by atoms with Crippen LogP contribution in [0.4, 0.5) is 10.2 Å². The molecule has 2 aliphatic heterocycles. The molecule has 0 aromatic carbocycles. The third-order valence-electron chi connectivity index (χ3n) is 5.06. The lowest BCUT2D eigenvalue weighted by molar-refractivity contribution is -0.0533. The SMILES string of the molecule is Fc1cccnc1N[C@@H]1CO[C@@]2(CCCN(Cc3cccnc3)C2)C1. The molecule has 2 fully saturated rings. The first-order valence-corrected chi connectivity index (χ1v) is 8.85. The summed E-state index contributed by atoms with van der Waals surface area (Å²) in [6.07, 6.45) is 8.38. The second-order valence-electron chi connectivity index (χ2n) is 7.05. The number of aromatic nitrogens is 2. The highest BCUT2D eigenvalue weighted by Crippen LogP contribution is 2.36. The van der Waals surface area contributed by atoms with Gasteiger partial charge in [0.05, 0.1) is 18.2 Å². The lowest BCUT2D eigenvalue weighted by Gasteiger charge is -2.39. The summed E-state index contributed by atoms with van der Waals surface area (Å²) in [6.45, 7) is 3.47. The van der Waals surface area contributed by atoms with Gasteiger partial charge in [0.2, 0.25) is 0 Å². The Hall–Kier alpha value is -2.05. The van der Waals surface area contributed by atoms with Crippen LogP contribution in [-0.2, 0) is 11.3 Å². The van der Waals surface area contributed by atoms with Crippen molar-refractivity contribution in [2.24, 2.45) is 0 Å². The summed E-state index contributed by atoms with van der Waals surface area (Å²) >= 11 is 0. The van der Waals surface area contributed by atoms with Gasteiger partial charge in [-0.3, -0.25) is 9.88 Å². The number of ether oxygens (including phenoxy) is 1. The van der Waals surface area contributed by atoms with Crippen LogP contribution in [-0.4, -0.2) is 46.2 Å². The highest BCUT2D eigenvalue weighted by atomic mass is 19.1. The van der Waals surface area contributed by atoms with E-state index in [-0.39, 0.29) is 17.5 Å². The molecule has 2 saturated heterocycles. The molecule has 4 heterocycles. The number of piperidine rings is 1. The Morgan fingerprint density at radius 2 is 2.24 bits per heavy atom. The van der Waals surface area contributed by atoms with E-state index in [1.54, 1.807) is 18.5 Å². The van der Waals surface area contributed by atoms with Crippen LogP contribution in [0.25, 0.3) is 0 Å². The van der Waals surface area contributed by atoms with E-state index in [1.807, 2.05) is 12.3 Å². The van der Waals surface area contributed by atoms with E-state index >= 15 is 0 Å². The minimum absolute atomic E-state index is 0.0998. The average molecular weight is 342 g/mol. The summed E-state index contributed by atoms with van der Waals surface area (Å²) in [7, 11) is 0. The van der Waals surface area contributed by atoms with Crippen molar-refractivity contribution in [3.05, 3.63) is 54.2 Å². The van der Waals surface area contributed by atoms with Crippen LogP contribution >= 0.6 is 0 Å². The quantitative estimate of drug-likeness (QED) is 0.926. The summed E-state index contributed by atoms with van der Waals surface area (Å²) in [6, 6.07) is 7.21. The first kappa shape index (κ1) is 16.4. The second-order valence-corrected chi connectivity index (χ2v) is 7.05. The van der Waals surface area contributed by atoms with E-state index < -0.39 is 0 Å². The van der Waals surface area contributed by atoms with Gasteiger partial charge >= 0.3 is 0 Å². The fourth-order valence-electron chi connectivity index (χ4n) is 3.98. The van der Waals surface area contributed by atoms with Crippen LogP contribution in [0.3, 0.4) is 0 Å². The van der Waals surface area contributed by atoms with Crippen LogP contribution in [0.15, 0.2) is 42.9 Å². The van der Waals surface area contributed by atoms with Gasteiger partial charge in [0.15, 0.2) is 11.6 Å². The Kier molecular flexibility index (Phi) is 4.63. The van der Waals surface area contributed by atoms with Crippen molar-refractivity contribution >= 4 is 5.82 Å². The lowest BCUT2D eigenvalue weighted by Crippen LogP contribution is -2.47. The summed E-state index contributed by atoms with van der Waals surface area (Å²) in [5.74, 6) is 0.00136. The molecule has 132 valence electrons. The third-order valence-corrected chi connectivity index (χ3v) is 5.06. The Morgan fingerprint density at radius 1 is 1.32 bits per heavy atom. The largest absolute Gasteiger partial charge is 0.371 e. The second kappa shape index (κ2) is 7.06. The number of pyridine rings is 2. The Balaban J connectivity index is 1.38. The molecule has 0 saturated carbocycles. The van der Waals surface area contributed by atoms with Gasteiger partial charge in [0, 0.05) is 38.1 Å². The van der Waals surface area contributed by atoms with Gasteiger partial charge in [-0.1, -0.05) is 6.07 Å². The topological polar surface area (TPSA) is 50.3 Å². The van der Waals surface area contributed by atoms with Gasteiger partial charge in [-0.2, -0.15) is 0 Å². The van der Waals surface area contributed by atoms with Gasteiger partial charge in [-0.05, 0) is 43.1 Å². The van der Waals surface area contributed by atoms with E-state index in [1.165, 1.54) is 11.6 Å². The molecule has 2 atom stereocenters. The van der Waals surface area contributed by atoms with Crippen LogP contribution in [0.1, 0.15) is 24.8 Å². The Labute approximate surface area is 147 Å². The number of anilines is 1. The zero-order valence-corrected chi connectivity index (χ0v) is 14.2. The zero-order chi connectivity index (χ0) is 17.1. The van der Waals surface area contributed by atoms with Crippen LogP contribution in [0, 0.1) is 5.82 Å². The normalized spacial score (nSPS) is 26.8. The molecular weight excluding hydrogens is 319 g/mol.